The molecule has 0 N–H and O–H groups in total. The van der Waals surface area contributed by atoms with Gasteiger partial charge >= 0.3 is 5.97 Å². The summed E-state index contributed by atoms with van der Waals surface area (Å²) in [6, 6.07) is 4.53. The highest BCUT2D eigenvalue weighted by Crippen LogP contribution is 2.31. The SMILES string of the molecule is C=C(c1c(C)c(C(=O)OC(C)C)cc2cc(Br)cn12)N1CCC(N(C)C)CC1. The van der Waals surface area contributed by atoms with Crippen molar-refractivity contribution in [1.29, 1.82) is 0 Å². The summed E-state index contributed by atoms with van der Waals surface area (Å²) < 4.78 is 8.58. The quantitative estimate of drug-likeness (QED) is 0.628. The molecule has 152 valence electrons. The van der Waals surface area contributed by atoms with E-state index in [4.69, 9.17) is 4.74 Å². The number of nitrogens with zero attached hydrogens (tertiary/aromatic N) is 3. The number of rotatable bonds is 5. The van der Waals surface area contributed by atoms with E-state index in [9.17, 15) is 4.79 Å². The fourth-order valence-electron chi connectivity index (χ4n) is 3.96. The van der Waals surface area contributed by atoms with Crippen LogP contribution in [-0.4, -0.2) is 59.5 Å². The molecule has 0 atom stereocenters. The first kappa shape index (κ1) is 20.9. The second kappa shape index (κ2) is 8.29. The molecule has 3 rings (SSSR count). The van der Waals surface area contributed by atoms with E-state index in [0.29, 0.717) is 11.6 Å². The number of fused-ring (bicyclic) bond motifs is 1. The summed E-state index contributed by atoms with van der Waals surface area (Å²) in [5.41, 5.74) is 4.39. The summed E-state index contributed by atoms with van der Waals surface area (Å²) in [6.45, 7) is 12.1. The molecule has 3 heterocycles. The van der Waals surface area contributed by atoms with Gasteiger partial charge in [-0.15, -0.1) is 0 Å². The van der Waals surface area contributed by atoms with E-state index in [1.54, 1.807) is 0 Å². The fourth-order valence-corrected chi connectivity index (χ4v) is 4.40. The van der Waals surface area contributed by atoms with Crippen molar-refractivity contribution in [1.82, 2.24) is 14.2 Å². The van der Waals surface area contributed by atoms with Crippen molar-refractivity contribution in [3.8, 4) is 0 Å². The summed E-state index contributed by atoms with van der Waals surface area (Å²) in [7, 11) is 4.29. The molecule has 28 heavy (non-hydrogen) atoms. The highest BCUT2D eigenvalue weighted by atomic mass is 79.9. The van der Waals surface area contributed by atoms with E-state index in [-0.39, 0.29) is 12.1 Å². The summed E-state index contributed by atoms with van der Waals surface area (Å²) in [5.74, 6) is -0.285. The molecule has 0 unspecified atom stereocenters. The van der Waals surface area contributed by atoms with Gasteiger partial charge in [-0.05, 0) is 81.3 Å². The fraction of sp³-hybridized carbons (Fsp3) is 0.500. The Bertz CT molecular complexity index is 893. The minimum atomic E-state index is -0.285. The Morgan fingerprint density at radius 1 is 1.29 bits per heavy atom. The highest BCUT2D eigenvalue weighted by Gasteiger charge is 2.26. The number of piperidine rings is 1. The number of carbonyl (C=O) groups is 1. The van der Waals surface area contributed by atoms with Crippen molar-refractivity contribution in [3.63, 3.8) is 0 Å². The van der Waals surface area contributed by atoms with Crippen molar-refractivity contribution < 1.29 is 9.53 Å². The van der Waals surface area contributed by atoms with Crippen LogP contribution in [0.4, 0.5) is 0 Å². The zero-order valence-corrected chi connectivity index (χ0v) is 19.0. The van der Waals surface area contributed by atoms with Gasteiger partial charge in [0.1, 0.15) is 0 Å². The van der Waals surface area contributed by atoms with Crippen molar-refractivity contribution in [2.45, 2.75) is 45.8 Å². The first-order valence-electron chi connectivity index (χ1n) is 9.82. The van der Waals surface area contributed by atoms with Crippen LogP contribution in [0.5, 0.6) is 0 Å². The number of likely N-dealkylation sites (tertiary alicyclic amines) is 1. The zero-order valence-electron chi connectivity index (χ0n) is 17.5. The van der Waals surface area contributed by atoms with Gasteiger partial charge in [-0.2, -0.15) is 0 Å². The Morgan fingerprint density at radius 2 is 1.93 bits per heavy atom. The molecule has 0 bridgehead atoms. The molecule has 2 aromatic rings. The third-order valence-corrected chi connectivity index (χ3v) is 5.95. The van der Waals surface area contributed by atoms with Gasteiger partial charge in [-0.3, -0.25) is 0 Å². The van der Waals surface area contributed by atoms with E-state index in [1.165, 1.54) is 0 Å². The molecule has 1 aliphatic heterocycles. The lowest BCUT2D eigenvalue weighted by atomic mass is 10.0. The third kappa shape index (κ3) is 4.13. The summed E-state index contributed by atoms with van der Waals surface area (Å²) in [4.78, 5) is 17.3. The lowest BCUT2D eigenvalue weighted by Crippen LogP contribution is -2.41. The lowest BCUT2D eigenvalue weighted by Gasteiger charge is -2.38. The van der Waals surface area contributed by atoms with Crippen LogP contribution in [0.15, 0.2) is 29.4 Å². The highest BCUT2D eigenvalue weighted by molar-refractivity contribution is 9.10. The van der Waals surface area contributed by atoms with Crippen LogP contribution in [0.25, 0.3) is 11.2 Å². The van der Waals surface area contributed by atoms with Crippen molar-refractivity contribution in [2.75, 3.05) is 27.2 Å². The Balaban J connectivity index is 2.00. The first-order chi connectivity index (χ1) is 13.2. The predicted molar refractivity (Wildman–Crippen MR) is 118 cm³/mol. The molecule has 0 aromatic carbocycles. The largest absolute Gasteiger partial charge is 0.459 e. The van der Waals surface area contributed by atoms with Crippen LogP contribution in [0, 0.1) is 6.92 Å². The lowest BCUT2D eigenvalue weighted by molar-refractivity contribution is 0.0377. The van der Waals surface area contributed by atoms with Crippen LogP contribution in [0.1, 0.15) is 48.3 Å². The number of ether oxygens (including phenoxy) is 1. The van der Waals surface area contributed by atoms with Crippen LogP contribution >= 0.6 is 15.9 Å². The van der Waals surface area contributed by atoms with Crippen molar-refractivity contribution >= 4 is 33.1 Å². The van der Waals surface area contributed by atoms with Crippen molar-refractivity contribution in [2.24, 2.45) is 0 Å². The Hall–Kier alpha value is -1.79. The minimum absolute atomic E-state index is 0.154. The van der Waals surface area contributed by atoms with Gasteiger partial charge in [0.2, 0.25) is 0 Å². The molecular weight excluding hydrogens is 418 g/mol. The second-order valence-corrected chi connectivity index (χ2v) is 8.98. The second-order valence-electron chi connectivity index (χ2n) is 8.07. The molecule has 0 saturated carbocycles. The third-order valence-electron chi connectivity index (χ3n) is 5.52. The van der Waals surface area contributed by atoms with Crippen LogP contribution < -0.4 is 0 Å². The predicted octanol–water partition coefficient (Wildman–Crippen LogP) is 4.57. The molecule has 0 spiro atoms. The maximum atomic E-state index is 12.7. The summed E-state index contributed by atoms with van der Waals surface area (Å²) in [5, 5.41) is 0. The van der Waals surface area contributed by atoms with Crippen LogP contribution in [-0.2, 0) is 4.74 Å². The molecule has 5 nitrogen and oxygen atoms in total. The maximum Gasteiger partial charge on any atom is 0.338 e. The monoisotopic (exact) mass is 447 g/mol. The Kier molecular flexibility index (Phi) is 6.20. The minimum Gasteiger partial charge on any atom is -0.459 e. The topological polar surface area (TPSA) is 37.2 Å². The van der Waals surface area contributed by atoms with E-state index in [1.807, 2.05) is 39.1 Å². The molecule has 2 aromatic heterocycles. The maximum absolute atomic E-state index is 12.7. The molecule has 1 fully saturated rings. The normalized spacial score (nSPS) is 15.6. The first-order valence-corrected chi connectivity index (χ1v) is 10.6. The molecule has 1 aliphatic rings. The number of pyridine rings is 1. The Labute approximate surface area is 176 Å². The number of hydrogen-bond donors (Lipinski definition) is 0. The smallest absolute Gasteiger partial charge is 0.338 e. The average molecular weight is 448 g/mol. The zero-order chi connectivity index (χ0) is 20.6. The number of hydrogen-bond acceptors (Lipinski definition) is 4. The van der Waals surface area contributed by atoms with E-state index < -0.39 is 0 Å². The standard InChI is InChI=1S/C22H30BrN3O2/c1-14(2)28-22(27)20-12-19-11-17(23)13-26(19)21(15(20)3)16(4)25-9-7-18(8-10-25)24(5)6/h11-14,18H,4,7-10H2,1-3,5-6H3. The Morgan fingerprint density at radius 3 is 2.50 bits per heavy atom. The van der Waals surface area contributed by atoms with E-state index >= 15 is 0 Å². The molecule has 0 aliphatic carbocycles. The number of esters is 1. The van der Waals surface area contributed by atoms with Gasteiger partial charge < -0.3 is 18.9 Å². The van der Waals surface area contributed by atoms with Crippen LogP contribution in [0.3, 0.4) is 0 Å². The van der Waals surface area contributed by atoms with E-state index in [0.717, 1.165) is 52.9 Å². The molecular formula is C22H30BrN3O2. The number of halogens is 1. The van der Waals surface area contributed by atoms with Gasteiger partial charge in [0.05, 0.1) is 23.1 Å². The van der Waals surface area contributed by atoms with Gasteiger partial charge in [0.15, 0.2) is 0 Å². The van der Waals surface area contributed by atoms with Gasteiger partial charge in [0, 0.05) is 35.3 Å². The van der Waals surface area contributed by atoms with Crippen LogP contribution in [0.2, 0.25) is 0 Å². The number of aromatic nitrogens is 1. The molecule has 0 amide bonds. The summed E-state index contributed by atoms with van der Waals surface area (Å²) >= 11 is 3.57. The molecule has 1 saturated heterocycles. The molecule has 0 radical (unpaired) electrons. The average Bonchev–Trinajstić information content (AvgIpc) is 2.99. The van der Waals surface area contributed by atoms with Gasteiger partial charge in [0.25, 0.3) is 0 Å². The molecule has 6 heteroatoms. The van der Waals surface area contributed by atoms with Gasteiger partial charge in [-0.25, -0.2) is 4.79 Å². The van der Waals surface area contributed by atoms with Crippen molar-refractivity contribution in [3.05, 3.63) is 46.2 Å². The summed E-state index contributed by atoms with van der Waals surface area (Å²) in [6.07, 6.45) is 4.10. The van der Waals surface area contributed by atoms with E-state index in [2.05, 4.69) is 50.8 Å². The van der Waals surface area contributed by atoms with Gasteiger partial charge in [-0.1, -0.05) is 6.58 Å². The number of carbonyl (C=O) groups excluding carboxylic acids is 1.